The zero-order chi connectivity index (χ0) is 10.6. The summed E-state index contributed by atoms with van der Waals surface area (Å²) in [7, 11) is 0. The summed E-state index contributed by atoms with van der Waals surface area (Å²) in [4.78, 5) is 24.8. The molecule has 0 aliphatic carbocycles. The van der Waals surface area contributed by atoms with Crippen LogP contribution in [0.3, 0.4) is 0 Å². The van der Waals surface area contributed by atoms with Gasteiger partial charge in [0.1, 0.15) is 5.69 Å². The second-order valence-corrected chi connectivity index (χ2v) is 2.85. The Bertz CT molecular complexity index is 384. The van der Waals surface area contributed by atoms with E-state index in [0.29, 0.717) is 6.54 Å². The number of carbonyl (C=O) groups excluding carboxylic acids is 1. The summed E-state index contributed by atoms with van der Waals surface area (Å²) in [6, 6.07) is 1.07. The number of amides is 1. The van der Waals surface area contributed by atoms with Gasteiger partial charge in [0.2, 0.25) is 5.43 Å². The molecule has 0 atom stereocenters. The first-order valence-electron chi connectivity index (χ1n) is 4.35. The number of pyridine rings is 1. The van der Waals surface area contributed by atoms with E-state index in [2.05, 4.69) is 10.3 Å². The van der Waals surface area contributed by atoms with E-state index in [9.17, 15) is 9.59 Å². The van der Waals surface area contributed by atoms with Gasteiger partial charge in [0.05, 0.1) is 0 Å². The minimum atomic E-state index is -0.564. The summed E-state index contributed by atoms with van der Waals surface area (Å²) in [6.07, 6.45) is 1.93. The third kappa shape index (κ3) is 2.35. The van der Waals surface area contributed by atoms with Gasteiger partial charge in [-0.05, 0) is 6.42 Å². The standard InChI is InChI=1S/C9H12N2O3/c1-2-3-10-9(14)6-4-7(12)8(13)5-11-6/h4-5,13H,2-3H2,1H3,(H,10,14)(H,11,12). The molecule has 0 bridgehead atoms. The lowest BCUT2D eigenvalue weighted by Gasteiger charge is -2.02. The van der Waals surface area contributed by atoms with Gasteiger partial charge in [0.25, 0.3) is 5.91 Å². The van der Waals surface area contributed by atoms with Crippen LogP contribution in [-0.2, 0) is 0 Å². The molecule has 1 amide bonds. The monoisotopic (exact) mass is 196 g/mol. The van der Waals surface area contributed by atoms with Crippen molar-refractivity contribution in [1.29, 1.82) is 0 Å². The number of carbonyl (C=O) groups is 1. The Kier molecular flexibility index (Phi) is 3.28. The van der Waals surface area contributed by atoms with Gasteiger partial charge >= 0.3 is 0 Å². The molecule has 0 aliphatic heterocycles. The van der Waals surface area contributed by atoms with Crippen molar-refractivity contribution in [2.45, 2.75) is 13.3 Å². The summed E-state index contributed by atoms with van der Waals surface area (Å²) in [5.74, 6) is -0.735. The van der Waals surface area contributed by atoms with Crippen LogP contribution >= 0.6 is 0 Å². The van der Waals surface area contributed by atoms with Crippen LogP contribution in [0.25, 0.3) is 0 Å². The van der Waals surface area contributed by atoms with Crippen LogP contribution < -0.4 is 10.7 Å². The summed E-state index contributed by atoms with van der Waals surface area (Å²) < 4.78 is 0. The first-order valence-corrected chi connectivity index (χ1v) is 4.35. The molecular formula is C9H12N2O3. The maximum atomic E-state index is 11.3. The summed E-state index contributed by atoms with van der Waals surface area (Å²) in [6.45, 7) is 2.49. The third-order valence-electron chi connectivity index (χ3n) is 1.67. The molecule has 0 fully saturated rings. The molecule has 3 N–H and O–H groups in total. The van der Waals surface area contributed by atoms with E-state index in [0.717, 1.165) is 18.7 Å². The van der Waals surface area contributed by atoms with Crippen LogP contribution in [0.2, 0.25) is 0 Å². The Morgan fingerprint density at radius 1 is 1.64 bits per heavy atom. The highest BCUT2D eigenvalue weighted by Gasteiger charge is 2.06. The molecule has 5 nitrogen and oxygen atoms in total. The molecule has 1 aromatic rings. The van der Waals surface area contributed by atoms with Crippen LogP contribution in [0.15, 0.2) is 17.1 Å². The minimum Gasteiger partial charge on any atom is -0.503 e. The van der Waals surface area contributed by atoms with Crippen molar-refractivity contribution in [2.24, 2.45) is 0 Å². The maximum Gasteiger partial charge on any atom is 0.267 e. The molecule has 0 aromatic carbocycles. The Balaban J connectivity index is 2.81. The average Bonchev–Trinajstić information content (AvgIpc) is 2.18. The van der Waals surface area contributed by atoms with Gasteiger partial charge in [0, 0.05) is 18.8 Å². The Hall–Kier alpha value is -1.78. The van der Waals surface area contributed by atoms with E-state index in [1.807, 2.05) is 6.92 Å². The number of aromatic nitrogens is 1. The molecular weight excluding hydrogens is 184 g/mol. The predicted molar refractivity (Wildman–Crippen MR) is 51.4 cm³/mol. The number of H-pyrrole nitrogens is 1. The van der Waals surface area contributed by atoms with Crippen LogP contribution in [0.1, 0.15) is 23.8 Å². The van der Waals surface area contributed by atoms with Gasteiger partial charge in [-0.1, -0.05) is 6.92 Å². The zero-order valence-electron chi connectivity index (χ0n) is 7.83. The van der Waals surface area contributed by atoms with Crippen LogP contribution in [0.4, 0.5) is 0 Å². The van der Waals surface area contributed by atoms with E-state index in [1.165, 1.54) is 0 Å². The molecule has 1 rings (SSSR count). The number of aromatic amines is 1. The second-order valence-electron chi connectivity index (χ2n) is 2.85. The van der Waals surface area contributed by atoms with E-state index in [1.54, 1.807) is 0 Å². The molecule has 76 valence electrons. The molecule has 0 saturated carbocycles. The largest absolute Gasteiger partial charge is 0.503 e. The first kappa shape index (κ1) is 10.3. The Labute approximate surface area is 80.8 Å². The SMILES string of the molecule is CCCNC(=O)c1cc(=O)c(O)c[nH]1. The fourth-order valence-corrected chi connectivity index (χ4v) is 0.929. The molecule has 14 heavy (non-hydrogen) atoms. The normalized spacial score (nSPS) is 9.79. The lowest BCUT2D eigenvalue weighted by Crippen LogP contribution is -2.25. The van der Waals surface area contributed by atoms with Crippen molar-refractivity contribution in [1.82, 2.24) is 10.3 Å². The lowest BCUT2D eigenvalue weighted by atomic mass is 10.3. The maximum absolute atomic E-state index is 11.3. The topological polar surface area (TPSA) is 82.2 Å². The molecule has 0 unspecified atom stereocenters. The Morgan fingerprint density at radius 3 is 2.93 bits per heavy atom. The molecule has 0 radical (unpaired) electrons. The van der Waals surface area contributed by atoms with E-state index >= 15 is 0 Å². The third-order valence-corrected chi connectivity index (χ3v) is 1.67. The van der Waals surface area contributed by atoms with Gasteiger partial charge < -0.3 is 15.4 Å². The van der Waals surface area contributed by atoms with Crippen molar-refractivity contribution in [3.63, 3.8) is 0 Å². The number of nitrogens with one attached hydrogen (secondary N) is 2. The van der Waals surface area contributed by atoms with E-state index < -0.39 is 11.2 Å². The molecule has 0 saturated heterocycles. The van der Waals surface area contributed by atoms with Gasteiger partial charge in [-0.15, -0.1) is 0 Å². The summed E-state index contributed by atoms with van der Waals surface area (Å²) >= 11 is 0. The molecule has 5 heteroatoms. The minimum absolute atomic E-state index is 0.154. The quantitative estimate of drug-likeness (QED) is 0.646. The number of aromatic hydroxyl groups is 1. The molecule has 1 aromatic heterocycles. The zero-order valence-corrected chi connectivity index (χ0v) is 7.83. The fraction of sp³-hybridized carbons (Fsp3) is 0.333. The van der Waals surface area contributed by atoms with Crippen molar-refractivity contribution in [3.05, 3.63) is 28.2 Å². The van der Waals surface area contributed by atoms with Crippen molar-refractivity contribution >= 4 is 5.91 Å². The highest BCUT2D eigenvalue weighted by molar-refractivity contribution is 5.92. The molecule has 0 spiro atoms. The van der Waals surface area contributed by atoms with E-state index in [-0.39, 0.29) is 11.6 Å². The molecule has 1 heterocycles. The number of hydrogen-bond acceptors (Lipinski definition) is 3. The highest BCUT2D eigenvalue weighted by Crippen LogP contribution is 1.98. The van der Waals surface area contributed by atoms with Gasteiger partial charge in [0.15, 0.2) is 5.75 Å². The van der Waals surface area contributed by atoms with Crippen molar-refractivity contribution in [3.8, 4) is 5.75 Å². The first-order chi connectivity index (χ1) is 6.65. The van der Waals surface area contributed by atoms with E-state index in [4.69, 9.17) is 5.11 Å². The number of rotatable bonds is 3. The highest BCUT2D eigenvalue weighted by atomic mass is 16.3. The smallest absolute Gasteiger partial charge is 0.267 e. The van der Waals surface area contributed by atoms with Crippen LogP contribution in [0, 0.1) is 0 Å². The average molecular weight is 196 g/mol. The number of hydrogen-bond donors (Lipinski definition) is 3. The van der Waals surface area contributed by atoms with Crippen molar-refractivity contribution < 1.29 is 9.90 Å². The lowest BCUT2D eigenvalue weighted by molar-refractivity contribution is 0.0948. The van der Waals surface area contributed by atoms with Crippen molar-refractivity contribution in [2.75, 3.05) is 6.54 Å². The summed E-state index contributed by atoms with van der Waals surface area (Å²) in [5.41, 5.74) is -0.411. The van der Waals surface area contributed by atoms with Gasteiger partial charge in [-0.25, -0.2) is 0 Å². The van der Waals surface area contributed by atoms with Gasteiger partial charge in [-0.3, -0.25) is 9.59 Å². The summed E-state index contributed by atoms with van der Waals surface area (Å²) in [5, 5.41) is 11.5. The second kappa shape index (κ2) is 4.45. The predicted octanol–water partition coefficient (Wildman–Crippen LogP) is 0.220. The van der Waals surface area contributed by atoms with Crippen LogP contribution in [-0.4, -0.2) is 22.5 Å². The fourth-order valence-electron chi connectivity index (χ4n) is 0.929. The molecule has 0 aliphatic rings. The van der Waals surface area contributed by atoms with Gasteiger partial charge in [-0.2, -0.15) is 0 Å². The Morgan fingerprint density at radius 2 is 2.36 bits per heavy atom. The van der Waals surface area contributed by atoms with Crippen LogP contribution in [0.5, 0.6) is 5.75 Å².